The van der Waals surface area contributed by atoms with Crippen molar-refractivity contribution in [1.82, 2.24) is 10.2 Å². The number of fused-ring (bicyclic) bond motifs is 2. The molecule has 0 spiro atoms. The van der Waals surface area contributed by atoms with E-state index in [2.05, 4.69) is 21.2 Å². The van der Waals surface area contributed by atoms with Crippen molar-refractivity contribution in [2.24, 2.45) is 0 Å². The summed E-state index contributed by atoms with van der Waals surface area (Å²) in [6.45, 7) is 2.45. The van der Waals surface area contributed by atoms with E-state index < -0.39 is 29.7 Å². The lowest BCUT2D eigenvalue weighted by Gasteiger charge is -2.31. The lowest BCUT2D eigenvalue weighted by Crippen LogP contribution is -2.50. The number of amides is 1. The van der Waals surface area contributed by atoms with Crippen LogP contribution in [0.4, 0.5) is 8.78 Å². The van der Waals surface area contributed by atoms with Crippen LogP contribution in [0.3, 0.4) is 0 Å². The Hall–Kier alpha value is -2.40. The van der Waals surface area contributed by atoms with Crippen molar-refractivity contribution in [3.05, 3.63) is 57.2 Å². The molecule has 1 saturated heterocycles. The number of carbonyl (C=O) groups is 1. The summed E-state index contributed by atoms with van der Waals surface area (Å²) in [6, 6.07) is 7.81. The SMILES string of the molecule is C.O=C(N[C@H](CN1CCCC1)[C@H](O)c1cc2c(cc1Br)OCCO2)C(F)(F)c1cc2cc(Cl)ccc2o1. The van der Waals surface area contributed by atoms with Crippen LogP contribution in [0, 0.1) is 0 Å². The molecule has 0 radical (unpaired) electrons. The smallest absolute Gasteiger partial charge is 0.380 e. The van der Waals surface area contributed by atoms with Crippen LogP contribution in [0.5, 0.6) is 11.5 Å². The molecule has 1 aromatic heterocycles. The zero-order chi connectivity index (χ0) is 25.4. The van der Waals surface area contributed by atoms with Gasteiger partial charge in [0, 0.05) is 27.0 Å². The highest BCUT2D eigenvalue weighted by atomic mass is 79.9. The Morgan fingerprint density at radius 2 is 1.81 bits per heavy atom. The lowest BCUT2D eigenvalue weighted by molar-refractivity contribution is -0.151. The molecule has 0 unspecified atom stereocenters. The third-order valence-electron chi connectivity index (χ3n) is 6.40. The molecular formula is C26H28BrClF2N2O5. The monoisotopic (exact) mass is 600 g/mol. The van der Waals surface area contributed by atoms with Crippen LogP contribution < -0.4 is 14.8 Å². The number of hydrogen-bond acceptors (Lipinski definition) is 6. The van der Waals surface area contributed by atoms with E-state index in [0.29, 0.717) is 45.2 Å². The molecule has 2 N–H and O–H groups in total. The third kappa shape index (κ3) is 5.72. The number of furan rings is 1. The zero-order valence-corrected chi connectivity index (χ0v) is 21.4. The van der Waals surface area contributed by atoms with Crippen LogP contribution in [-0.4, -0.2) is 54.8 Å². The molecule has 0 bridgehead atoms. The number of aliphatic hydroxyl groups excluding tert-OH is 1. The highest BCUT2D eigenvalue weighted by Gasteiger charge is 2.46. The number of likely N-dealkylation sites (tertiary alicyclic amines) is 1. The largest absolute Gasteiger partial charge is 0.486 e. The maximum Gasteiger partial charge on any atom is 0.380 e. The van der Waals surface area contributed by atoms with Crippen molar-refractivity contribution < 1.29 is 32.6 Å². The van der Waals surface area contributed by atoms with Crippen LogP contribution >= 0.6 is 27.5 Å². The Bertz CT molecular complexity index is 1280. The van der Waals surface area contributed by atoms with Gasteiger partial charge in [-0.2, -0.15) is 8.78 Å². The molecule has 5 rings (SSSR count). The van der Waals surface area contributed by atoms with E-state index in [4.69, 9.17) is 25.5 Å². The van der Waals surface area contributed by atoms with Crippen LogP contribution in [-0.2, 0) is 10.7 Å². The van der Waals surface area contributed by atoms with Crippen LogP contribution in [0.25, 0.3) is 11.0 Å². The van der Waals surface area contributed by atoms with Gasteiger partial charge in [-0.1, -0.05) is 35.0 Å². The summed E-state index contributed by atoms with van der Waals surface area (Å²) in [6.07, 6.45) is 0.620. The van der Waals surface area contributed by atoms with Crippen molar-refractivity contribution in [2.45, 2.75) is 38.3 Å². The fraction of sp³-hybridized carbons (Fsp3) is 0.423. The van der Waals surface area contributed by atoms with E-state index in [0.717, 1.165) is 32.0 Å². The molecule has 7 nitrogen and oxygen atoms in total. The van der Waals surface area contributed by atoms with E-state index >= 15 is 8.78 Å². The predicted octanol–water partition coefficient (Wildman–Crippen LogP) is 5.66. The number of nitrogens with one attached hydrogen (secondary N) is 1. The van der Waals surface area contributed by atoms with E-state index in [1.54, 1.807) is 12.1 Å². The van der Waals surface area contributed by atoms with Gasteiger partial charge in [-0.15, -0.1) is 0 Å². The van der Waals surface area contributed by atoms with Gasteiger partial charge < -0.3 is 29.2 Å². The topological polar surface area (TPSA) is 84.2 Å². The number of benzene rings is 2. The number of nitrogens with zero attached hydrogens (tertiary/aromatic N) is 1. The zero-order valence-electron chi connectivity index (χ0n) is 19.1. The van der Waals surface area contributed by atoms with Gasteiger partial charge in [0.05, 0.1) is 6.04 Å². The van der Waals surface area contributed by atoms with Gasteiger partial charge in [0.1, 0.15) is 24.9 Å². The van der Waals surface area contributed by atoms with Gasteiger partial charge in [-0.3, -0.25) is 4.79 Å². The van der Waals surface area contributed by atoms with Crippen molar-refractivity contribution in [2.75, 3.05) is 32.8 Å². The molecule has 3 heterocycles. The molecule has 0 saturated carbocycles. The maximum absolute atomic E-state index is 15.3. The third-order valence-corrected chi connectivity index (χ3v) is 7.33. The van der Waals surface area contributed by atoms with E-state index in [-0.39, 0.29) is 19.6 Å². The van der Waals surface area contributed by atoms with Crippen LogP contribution in [0.1, 0.15) is 37.7 Å². The minimum absolute atomic E-state index is 0. The number of ether oxygens (including phenoxy) is 2. The van der Waals surface area contributed by atoms with Gasteiger partial charge in [0.2, 0.25) is 0 Å². The van der Waals surface area contributed by atoms with Crippen molar-refractivity contribution in [3.63, 3.8) is 0 Å². The number of halogens is 4. The maximum atomic E-state index is 15.3. The van der Waals surface area contributed by atoms with Gasteiger partial charge in [-0.05, 0) is 62.3 Å². The number of alkyl halides is 2. The Morgan fingerprint density at radius 3 is 2.51 bits per heavy atom. The Morgan fingerprint density at radius 1 is 1.14 bits per heavy atom. The second-order valence-corrected chi connectivity index (χ2v) is 10.2. The highest BCUT2D eigenvalue weighted by Crippen LogP contribution is 2.39. The Kier molecular flexibility index (Phi) is 8.32. The molecule has 2 atom stereocenters. The summed E-state index contributed by atoms with van der Waals surface area (Å²) in [4.78, 5) is 14.9. The van der Waals surface area contributed by atoms with Crippen LogP contribution in [0.2, 0.25) is 5.02 Å². The molecule has 200 valence electrons. The first-order valence-corrected chi connectivity index (χ1v) is 12.8. The summed E-state index contributed by atoms with van der Waals surface area (Å²) in [5.41, 5.74) is 0.584. The fourth-order valence-corrected chi connectivity index (χ4v) is 5.27. The summed E-state index contributed by atoms with van der Waals surface area (Å²) in [5, 5.41) is 14.4. The molecule has 37 heavy (non-hydrogen) atoms. The summed E-state index contributed by atoms with van der Waals surface area (Å²) in [7, 11) is 0. The fourth-order valence-electron chi connectivity index (χ4n) is 4.53. The molecule has 2 aromatic carbocycles. The summed E-state index contributed by atoms with van der Waals surface area (Å²) in [5.74, 6) is -5.38. The van der Waals surface area contributed by atoms with Crippen molar-refractivity contribution in [1.29, 1.82) is 0 Å². The number of aliphatic hydroxyl groups is 1. The van der Waals surface area contributed by atoms with Gasteiger partial charge >= 0.3 is 5.92 Å². The normalized spacial score (nSPS) is 17.3. The van der Waals surface area contributed by atoms with Crippen LogP contribution in [0.15, 0.2) is 45.3 Å². The van der Waals surface area contributed by atoms with E-state index in [1.165, 1.54) is 18.2 Å². The average Bonchev–Trinajstić information content (AvgIpc) is 3.52. The summed E-state index contributed by atoms with van der Waals surface area (Å²) >= 11 is 9.37. The highest BCUT2D eigenvalue weighted by molar-refractivity contribution is 9.10. The molecule has 1 fully saturated rings. The van der Waals surface area contributed by atoms with E-state index in [1.807, 2.05) is 4.90 Å². The van der Waals surface area contributed by atoms with Gasteiger partial charge in [-0.25, -0.2) is 0 Å². The molecule has 2 aliphatic rings. The number of rotatable bonds is 7. The Labute approximate surface area is 226 Å². The molecule has 1 amide bonds. The van der Waals surface area contributed by atoms with Gasteiger partial charge in [0.15, 0.2) is 17.3 Å². The Balaban J connectivity index is 0.00000320. The quantitative estimate of drug-likeness (QED) is 0.364. The second-order valence-electron chi connectivity index (χ2n) is 8.92. The summed E-state index contributed by atoms with van der Waals surface area (Å²) < 4.78 is 47.5. The molecule has 3 aromatic rings. The molecule has 2 aliphatic heterocycles. The molecular weight excluding hydrogens is 574 g/mol. The van der Waals surface area contributed by atoms with Crippen molar-refractivity contribution >= 4 is 44.4 Å². The van der Waals surface area contributed by atoms with E-state index in [9.17, 15) is 9.90 Å². The minimum atomic E-state index is -3.97. The number of carbonyl (C=O) groups excluding carboxylic acids is 1. The predicted molar refractivity (Wildman–Crippen MR) is 140 cm³/mol. The first-order valence-electron chi connectivity index (χ1n) is 11.6. The van der Waals surface area contributed by atoms with Gasteiger partial charge in [0.25, 0.3) is 5.91 Å². The standard InChI is InChI=1S/C25H24BrClF2N2O5.CH4/c26-17-12-21-20(34-7-8-35-21)11-16(17)23(32)18(13-31-5-1-2-6-31)30-24(33)25(28,29)22-10-14-9-15(27)3-4-19(14)36-22;/h3-4,9-12,18,23,32H,1-2,5-8,13H2,(H,30,33);1H4/t18-,23-;/m1./s1. The second kappa shape index (κ2) is 11.1. The van der Waals surface area contributed by atoms with Crippen molar-refractivity contribution in [3.8, 4) is 11.5 Å². The molecule has 11 heteroatoms. The lowest BCUT2D eigenvalue weighted by atomic mass is 10.00. The molecule has 0 aliphatic carbocycles. The first kappa shape index (κ1) is 27.6. The first-order chi connectivity index (χ1) is 17.2. The average molecular weight is 602 g/mol. The minimum Gasteiger partial charge on any atom is -0.486 e. The number of hydrogen-bond donors (Lipinski definition) is 2.